The van der Waals surface area contributed by atoms with Crippen LogP contribution in [-0.4, -0.2) is 33.7 Å². The number of anilines is 1. The summed E-state index contributed by atoms with van der Waals surface area (Å²) < 4.78 is 25.3. The maximum atomic E-state index is 12.2. The van der Waals surface area contributed by atoms with Crippen molar-refractivity contribution in [2.24, 2.45) is 0 Å². The third-order valence-corrected chi connectivity index (χ3v) is 4.97. The maximum Gasteiger partial charge on any atom is 0.328 e. The van der Waals surface area contributed by atoms with Crippen molar-refractivity contribution in [2.75, 3.05) is 11.5 Å². The van der Waals surface area contributed by atoms with E-state index in [2.05, 4.69) is 15.0 Å². The molecule has 0 saturated heterocycles. The molecule has 120 valence electrons. The number of aromatic nitrogens is 4. The van der Waals surface area contributed by atoms with Crippen LogP contribution in [0.3, 0.4) is 0 Å². The van der Waals surface area contributed by atoms with Crippen molar-refractivity contribution in [3.8, 4) is 0 Å². The van der Waals surface area contributed by atoms with E-state index in [-0.39, 0.29) is 34.4 Å². The number of aromatic amines is 1. The van der Waals surface area contributed by atoms with E-state index < -0.39 is 15.5 Å². The Morgan fingerprint density at radius 3 is 2.57 bits per heavy atom. The summed E-state index contributed by atoms with van der Waals surface area (Å²) in [4.78, 5) is 22.6. The van der Waals surface area contributed by atoms with Crippen molar-refractivity contribution in [1.29, 1.82) is 0 Å². The van der Waals surface area contributed by atoms with E-state index in [0.29, 0.717) is 0 Å². The number of H-pyrrole nitrogens is 1. The molecule has 3 N–H and O–H groups in total. The lowest BCUT2D eigenvalue weighted by Gasteiger charge is -2.05. The summed E-state index contributed by atoms with van der Waals surface area (Å²) in [6, 6.07) is 9.30. The van der Waals surface area contributed by atoms with E-state index in [0.717, 1.165) is 5.56 Å². The first kappa shape index (κ1) is 15.2. The largest absolute Gasteiger partial charge is 0.382 e. The molecule has 3 aromatic rings. The van der Waals surface area contributed by atoms with Gasteiger partial charge in [-0.05, 0) is 5.56 Å². The molecule has 0 atom stereocenters. The minimum absolute atomic E-state index is 0.0639. The fraction of sp³-hybridized carbons (Fsp3) is 0.214. The van der Waals surface area contributed by atoms with Gasteiger partial charge in [-0.2, -0.15) is 9.97 Å². The normalized spacial score (nSPS) is 11.9. The number of nitrogens with two attached hydrogens (primary N) is 1. The van der Waals surface area contributed by atoms with Gasteiger partial charge in [-0.3, -0.25) is 4.57 Å². The SMILES string of the molecule is CCS(=O)(=O)c1nc(N)c2[nH]c(=O)n(Cc3ccccc3)c2n1. The number of nitrogens with zero attached hydrogens (tertiary/aromatic N) is 3. The second-order valence-electron chi connectivity index (χ2n) is 5.00. The van der Waals surface area contributed by atoms with E-state index in [1.807, 2.05) is 30.3 Å². The number of fused-ring (bicyclic) bond motifs is 1. The van der Waals surface area contributed by atoms with Crippen LogP contribution >= 0.6 is 0 Å². The summed E-state index contributed by atoms with van der Waals surface area (Å²) >= 11 is 0. The highest BCUT2D eigenvalue weighted by molar-refractivity contribution is 7.91. The van der Waals surface area contributed by atoms with Gasteiger partial charge < -0.3 is 10.7 Å². The van der Waals surface area contributed by atoms with Gasteiger partial charge in [0, 0.05) is 0 Å². The predicted octanol–water partition coefficient (Wildman–Crippen LogP) is 0.544. The summed E-state index contributed by atoms with van der Waals surface area (Å²) in [6.45, 7) is 1.75. The van der Waals surface area contributed by atoms with E-state index in [1.165, 1.54) is 11.5 Å². The molecular formula is C14H15N5O3S. The van der Waals surface area contributed by atoms with Crippen LogP contribution in [0.4, 0.5) is 5.82 Å². The number of rotatable bonds is 4. The molecule has 0 amide bonds. The first-order valence-corrected chi connectivity index (χ1v) is 8.60. The van der Waals surface area contributed by atoms with Gasteiger partial charge in [0.05, 0.1) is 12.3 Å². The highest BCUT2D eigenvalue weighted by atomic mass is 32.2. The maximum absolute atomic E-state index is 12.2. The molecule has 8 nitrogen and oxygen atoms in total. The molecule has 0 aliphatic heterocycles. The number of nitrogens with one attached hydrogen (secondary N) is 1. The summed E-state index contributed by atoms with van der Waals surface area (Å²) in [5, 5.41) is -0.370. The molecule has 2 heterocycles. The average Bonchev–Trinajstić information content (AvgIpc) is 2.85. The monoisotopic (exact) mass is 333 g/mol. The zero-order valence-electron chi connectivity index (χ0n) is 12.4. The van der Waals surface area contributed by atoms with Crippen molar-refractivity contribution < 1.29 is 8.42 Å². The molecule has 9 heteroatoms. The number of sulfone groups is 1. The molecule has 0 bridgehead atoms. The van der Waals surface area contributed by atoms with E-state index in [1.54, 1.807) is 0 Å². The van der Waals surface area contributed by atoms with Gasteiger partial charge >= 0.3 is 5.69 Å². The molecule has 0 unspecified atom stereocenters. The van der Waals surface area contributed by atoms with Crippen LogP contribution in [0, 0.1) is 0 Å². The quantitative estimate of drug-likeness (QED) is 0.672. The zero-order valence-corrected chi connectivity index (χ0v) is 13.2. The van der Waals surface area contributed by atoms with Crippen LogP contribution < -0.4 is 11.4 Å². The van der Waals surface area contributed by atoms with Crippen LogP contribution in [0.1, 0.15) is 12.5 Å². The Morgan fingerprint density at radius 1 is 1.22 bits per heavy atom. The van der Waals surface area contributed by atoms with Gasteiger partial charge in [-0.15, -0.1) is 0 Å². The lowest BCUT2D eigenvalue weighted by Crippen LogP contribution is -2.18. The molecule has 23 heavy (non-hydrogen) atoms. The molecular weight excluding hydrogens is 318 g/mol. The van der Waals surface area contributed by atoms with Crippen molar-refractivity contribution >= 4 is 26.8 Å². The summed E-state index contributed by atoms with van der Waals surface area (Å²) in [5.41, 5.74) is 6.66. The second-order valence-corrected chi connectivity index (χ2v) is 7.17. The van der Waals surface area contributed by atoms with Gasteiger partial charge in [-0.25, -0.2) is 13.2 Å². The van der Waals surface area contributed by atoms with Gasteiger partial charge in [0.2, 0.25) is 9.84 Å². The van der Waals surface area contributed by atoms with Gasteiger partial charge in [0.15, 0.2) is 11.5 Å². The molecule has 0 aliphatic carbocycles. The third kappa shape index (κ3) is 2.70. The average molecular weight is 333 g/mol. The fourth-order valence-corrected chi connectivity index (χ4v) is 2.93. The number of hydrogen-bond acceptors (Lipinski definition) is 6. The Hall–Kier alpha value is -2.68. The molecule has 0 fully saturated rings. The molecule has 2 aromatic heterocycles. The third-order valence-electron chi connectivity index (χ3n) is 3.47. The van der Waals surface area contributed by atoms with Gasteiger partial charge in [-0.1, -0.05) is 37.3 Å². The highest BCUT2D eigenvalue weighted by Crippen LogP contribution is 2.18. The number of hydrogen-bond donors (Lipinski definition) is 2. The standard InChI is InChI=1S/C14H15N5O3S/c1-2-23(21,22)13-17-11(15)10-12(18-13)19(14(20)16-10)8-9-6-4-3-5-7-9/h3-7H,2,8H2,1H3,(H,16,20)(H2,15,17,18). The topological polar surface area (TPSA) is 124 Å². The molecule has 1 aromatic carbocycles. The van der Waals surface area contributed by atoms with Crippen LogP contribution in [0.25, 0.3) is 11.2 Å². The summed E-state index contributed by atoms with van der Waals surface area (Å²) in [5.74, 6) is -0.211. The van der Waals surface area contributed by atoms with Crippen molar-refractivity contribution in [2.45, 2.75) is 18.6 Å². The van der Waals surface area contributed by atoms with E-state index in [9.17, 15) is 13.2 Å². The van der Waals surface area contributed by atoms with Crippen molar-refractivity contribution in [3.05, 3.63) is 46.4 Å². The first-order chi connectivity index (χ1) is 10.9. The predicted molar refractivity (Wildman–Crippen MR) is 85.8 cm³/mol. The summed E-state index contributed by atoms with van der Waals surface area (Å²) in [7, 11) is -3.62. The van der Waals surface area contributed by atoms with Crippen molar-refractivity contribution in [3.63, 3.8) is 0 Å². The van der Waals surface area contributed by atoms with E-state index >= 15 is 0 Å². The van der Waals surface area contributed by atoms with Gasteiger partial charge in [0.1, 0.15) is 5.52 Å². The second kappa shape index (κ2) is 5.51. The van der Waals surface area contributed by atoms with Crippen molar-refractivity contribution in [1.82, 2.24) is 19.5 Å². The Labute approximate surface area is 131 Å². The van der Waals surface area contributed by atoms with Crippen LogP contribution in [0.5, 0.6) is 0 Å². The smallest absolute Gasteiger partial charge is 0.328 e. The minimum Gasteiger partial charge on any atom is -0.382 e. The number of nitrogen functional groups attached to an aromatic ring is 1. The lowest BCUT2D eigenvalue weighted by molar-refractivity contribution is 0.588. The molecule has 0 aliphatic rings. The Balaban J connectivity index is 2.22. The van der Waals surface area contributed by atoms with Crippen LogP contribution in [0.15, 0.2) is 40.3 Å². The highest BCUT2D eigenvalue weighted by Gasteiger charge is 2.21. The molecule has 0 radical (unpaired) electrons. The van der Waals surface area contributed by atoms with E-state index in [4.69, 9.17) is 5.73 Å². The minimum atomic E-state index is -3.62. The Kier molecular flexibility index (Phi) is 3.64. The Morgan fingerprint density at radius 2 is 1.91 bits per heavy atom. The Bertz CT molecular complexity index is 1020. The number of imidazole rings is 1. The van der Waals surface area contributed by atoms with Gasteiger partial charge in [0.25, 0.3) is 5.16 Å². The summed E-state index contributed by atoms with van der Waals surface area (Å²) in [6.07, 6.45) is 0. The fourth-order valence-electron chi connectivity index (χ4n) is 2.21. The molecule has 0 saturated carbocycles. The molecule has 0 spiro atoms. The zero-order chi connectivity index (χ0) is 16.6. The molecule has 3 rings (SSSR count). The first-order valence-electron chi connectivity index (χ1n) is 6.95. The number of benzene rings is 1. The lowest BCUT2D eigenvalue weighted by atomic mass is 10.2. The van der Waals surface area contributed by atoms with Crippen LogP contribution in [-0.2, 0) is 16.4 Å². The van der Waals surface area contributed by atoms with Crippen LogP contribution in [0.2, 0.25) is 0 Å².